The molecule has 78 valence electrons. The van der Waals surface area contributed by atoms with Crippen molar-refractivity contribution in [1.82, 2.24) is 4.98 Å². The van der Waals surface area contributed by atoms with Crippen LogP contribution in [0.1, 0.15) is 25.3 Å². The van der Waals surface area contributed by atoms with E-state index in [9.17, 15) is 0 Å². The maximum absolute atomic E-state index is 5.13. The highest BCUT2D eigenvalue weighted by molar-refractivity contribution is 5.31. The monoisotopic (exact) mass is 201 g/mol. The molecule has 0 aliphatic heterocycles. The first-order valence-corrected chi connectivity index (χ1v) is 4.98. The summed E-state index contributed by atoms with van der Waals surface area (Å²) in [6, 6.07) is 3.83. The molecule has 0 aromatic carbocycles. The first-order chi connectivity index (χ1) is 7.36. The summed E-state index contributed by atoms with van der Waals surface area (Å²) in [5.41, 5.74) is 0.946. The van der Waals surface area contributed by atoms with Gasteiger partial charge in [-0.3, -0.25) is 4.98 Å². The van der Waals surface area contributed by atoms with E-state index in [0.29, 0.717) is 6.42 Å². The lowest BCUT2D eigenvalue weighted by molar-refractivity contribution is 0.279. The number of aromatic nitrogens is 1. The standard InChI is InChI=1S/C13H15NO/c1-3-13(15-2)9-5-4-7-12-8-6-10-14-11-12/h6,8-11H,3,5H2,1-2H3/b13-9+. The number of methoxy groups -OCH3 is 1. The van der Waals surface area contributed by atoms with Crippen LogP contribution in [0.5, 0.6) is 0 Å². The van der Waals surface area contributed by atoms with Gasteiger partial charge in [-0.2, -0.15) is 0 Å². The van der Waals surface area contributed by atoms with Crippen LogP contribution in [0.2, 0.25) is 0 Å². The largest absolute Gasteiger partial charge is 0.501 e. The second-order valence-corrected chi connectivity index (χ2v) is 2.98. The summed E-state index contributed by atoms with van der Waals surface area (Å²) in [5, 5.41) is 0. The van der Waals surface area contributed by atoms with Crippen molar-refractivity contribution in [2.24, 2.45) is 0 Å². The summed E-state index contributed by atoms with van der Waals surface area (Å²) >= 11 is 0. The van der Waals surface area contributed by atoms with Crippen LogP contribution in [-0.4, -0.2) is 12.1 Å². The average Bonchev–Trinajstić information content (AvgIpc) is 2.31. The van der Waals surface area contributed by atoms with Gasteiger partial charge in [0.05, 0.1) is 12.9 Å². The Morgan fingerprint density at radius 3 is 3.07 bits per heavy atom. The molecule has 0 saturated heterocycles. The molecule has 0 N–H and O–H groups in total. The Balaban J connectivity index is 2.51. The van der Waals surface area contributed by atoms with Gasteiger partial charge >= 0.3 is 0 Å². The number of hydrogen-bond donors (Lipinski definition) is 0. The van der Waals surface area contributed by atoms with E-state index in [0.717, 1.165) is 17.7 Å². The van der Waals surface area contributed by atoms with E-state index in [2.05, 4.69) is 23.7 Å². The van der Waals surface area contributed by atoms with E-state index < -0.39 is 0 Å². The van der Waals surface area contributed by atoms with Gasteiger partial charge in [0, 0.05) is 30.8 Å². The summed E-state index contributed by atoms with van der Waals surface area (Å²) in [6.45, 7) is 2.06. The molecule has 15 heavy (non-hydrogen) atoms. The van der Waals surface area contributed by atoms with E-state index in [4.69, 9.17) is 4.74 Å². The van der Waals surface area contributed by atoms with Gasteiger partial charge in [0.25, 0.3) is 0 Å². The number of allylic oxidation sites excluding steroid dienone is 2. The highest BCUT2D eigenvalue weighted by atomic mass is 16.5. The fourth-order valence-corrected chi connectivity index (χ4v) is 1.13. The van der Waals surface area contributed by atoms with Crippen LogP contribution in [0.4, 0.5) is 0 Å². The number of rotatable bonds is 3. The van der Waals surface area contributed by atoms with Gasteiger partial charge in [-0.25, -0.2) is 0 Å². The third-order valence-electron chi connectivity index (χ3n) is 1.94. The van der Waals surface area contributed by atoms with Crippen molar-refractivity contribution < 1.29 is 4.74 Å². The van der Waals surface area contributed by atoms with E-state index in [1.165, 1.54) is 0 Å². The zero-order valence-electron chi connectivity index (χ0n) is 9.16. The van der Waals surface area contributed by atoms with Crippen molar-refractivity contribution in [1.29, 1.82) is 0 Å². The molecule has 0 amide bonds. The molecular formula is C13H15NO. The van der Waals surface area contributed by atoms with Gasteiger partial charge in [-0.1, -0.05) is 18.8 Å². The normalized spacial score (nSPS) is 10.4. The van der Waals surface area contributed by atoms with Gasteiger partial charge in [0.1, 0.15) is 0 Å². The van der Waals surface area contributed by atoms with Crippen LogP contribution in [0.25, 0.3) is 0 Å². The fourth-order valence-electron chi connectivity index (χ4n) is 1.13. The van der Waals surface area contributed by atoms with E-state index in [1.54, 1.807) is 19.5 Å². The van der Waals surface area contributed by atoms with Crippen LogP contribution in [0, 0.1) is 11.8 Å². The highest BCUT2D eigenvalue weighted by Crippen LogP contribution is 2.01. The lowest BCUT2D eigenvalue weighted by Gasteiger charge is -1.99. The zero-order chi connectivity index (χ0) is 10.9. The SMILES string of the molecule is CC/C(=C\CC#Cc1cccnc1)OC. The predicted molar refractivity (Wildman–Crippen MR) is 61.1 cm³/mol. The Labute approximate surface area is 91.0 Å². The molecule has 2 nitrogen and oxygen atoms in total. The average molecular weight is 201 g/mol. The van der Waals surface area contributed by atoms with Gasteiger partial charge in [-0.15, -0.1) is 0 Å². The minimum absolute atomic E-state index is 0.714. The van der Waals surface area contributed by atoms with Crippen molar-refractivity contribution in [3.63, 3.8) is 0 Å². The number of nitrogens with zero attached hydrogens (tertiary/aromatic N) is 1. The summed E-state index contributed by atoms with van der Waals surface area (Å²) in [4.78, 5) is 3.99. The van der Waals surface area contributed by atoms with Crippen molar-refractivity contribution >= 4 is 0 Å². The molecule has 1 rings (SSSR count). The van der Waals surface area contributed by atoms with Crippen molar-refractivity contribution in [2.45, 2.75) is 19.8 Å². The van der Waals surface area contributed by atoms with Gasteiger partial charge in [0.15, 0.2) is 0 Å². The smallest absolute Gasteiger partial charge is 0.0922 e. The molecule has 0 fully saturated rings. The first-order valence-electron chi connectivity index (χ1n) is 4.98. The Morgan fingerprint density at radius 2 is 2.47 bits per heavy atom. The Hall–Kier alpha value is -1.75. The Kier molecular flexibility index (Phi) is 5.03. The summed E-state index contributed by atoms with van der Waals surface area (Å²) in [5.74, 6) is 7.07. The molecule has 1 aromatic heterocycles. The molecule has 1 heterocycles. The molecule has 0 unspecified atom stereocenters. The third-order valence-corrected chi connectivity index (χ3v) is 1.94. The lowest BCUT2D eigenvalue weighted by atomic mass is 10.2. The number of ether oxygens (including phenoxy) is 1. The summed E-state index contributed by atoms with van der Waals surface area (Å²) in [6.07, 6.45) is 7.12. The highest BCUT2D eigenvalue weighted by Gasteiger charge is 1.87. The summed E-state index contributed by atoms with van der Waals surface area (Å²) in [7, 11) is 1.68. The molecule has 0 atom stereocenters. The quantitative estimate of drug-likeness (QED) is 0.554. The predicted octanol–water partition coefficient (Wildman–Crippen LogP) is 2.76. The van der Waals surface area contributed by atoms with Crippen molar-refractivity contribution in [2.75, 3.05) is 7.11 Å². The molecule has 0 aliphatic rings. The second kappa shape index (κ2) is 6.67. The molecular weight excluding hydrogens is 186 g/mol. The lowest BCUT2D eigenvalue weighted by Crippen LogP contribution is -1.83. The first kappa shape index (κ1) is 11.3. The van der Waals surface area contributed by atoms with E-state index in [-0.39, 0.29) is 0 Å². The molecule has 0 radical (unpaired) electrons. The van der Waals surface area contributed by atoms with Crippen LogP contribution in [-0.2, 0) is 4.74 Å². The molecule has 0 saturated carbocycles. The van der Waals surface area contributed by atoms with Crippen LogP contribution in [0.15, 0.2) is 36.4 Å². The number of hydrogen-bond acceptors (Lipinski definition) is 2. The topological polar surface area (TPSA) is 22.1 Å². The zero-order valence-corrected chi connectivity index (χ0v) is 9.16. The molecule has 0 spiro atoms. The van der Waals surface area contributed by atoms with Gasteiger partial charge in [0.2, 0.25) is 0 Å². The Bertz CT molecular complexity index is 365. The molecule has 0 bridgehead atoms. The van der Waals surface area contributed by atoms with Crippen LogP contribution < -0.4 is 0 Å². The molecule has 0 aliphatic carbocycles. The fraction of sp³-hybridized carbons (Fsp3) is 0.308. The maximum atomic E-state index is 5.13. The maximum Gasteiger partial charge on any atom is 0.0922 e. The molecule has 1 aromatic rings. The van der Waals surface area contributed by atoms with Crippen LogP contribution in [0.3, 0.4) is 0 Å². The van der Waals surface area contributed by atoms with Gasteiger partial charge < -0.3 is 4.74 Å². The minimum Gasteiger partial charge on any atom is -0.501 e. The second-order valence-electron chi connectivity index (χ2n) is 2.98. The van der Waals surface area contributed by atoms with E-state index >= 15 is 0 Å². The third kappa shape index (κ3) is 4.33. The van der Waals surface area contributed by atoms with Gasteiger partial charge in [-0.05, 0) is 18.2 Å². The van der Waals surface area contributed by atoms with Crippen molar-refractivity contribution in [3.05, 3.63) is 41.9 Å². The van der Waals surface area contributed by atoms with Crippen LogP contribution >= 0.6 is 0 Å². The summed E-state index contributed by atoms with van der Waals surface area (Å²) < 4.78 is 5.13. The van der Waals surface area contributed by atoms with Crippen molar-refractivity contribution in [3.8, 4) is 11.8 Å². The number of pyridine rings is 1. The minimum atomic E-state index is 0.714. The molecule has 2 heteroatoms. The van der Waals surface area contributed by atoms with E-state index in [1.807, 2.05) is 18.2 Å². The Morgan fingerprint density at radius 1 is 1.60 bits per heavy atom.